The van der Waals surface area contributed by atoms with Gasteiger partial charge in [0.05, 0.1) is 18.7 Å². The molecule has 0 fully saturated rings. The Labute approximate surface area is 137 Å². The number of hydrogen-bond donors (Lipinski definition) is 0. The van der Waals surface area contributed by atoms with E-state index in [4.69, 9.17) is 11.1 Å². The van der Waals surface area contributed by atoms with Crippen molar-refractivity contribution >= 4 is 32.5 Å². The smallest absolute Gasteiger partial charge is 0.358 e. The van der Waals surface area contributed by atoms with Gasteiger partial charge in [0.2, 0.25) is 0 Å². The van der Waals surface area contributed by atoms with Crippen molar-refractivity contribution in [3.05, 3.63) is 57.3 Å². The Bertz CT molecular complexity index is 934. The Balaban J connectivity index is 2.22. The highest BCUT2D eigenvalue weighted by Gasteiger charge is 2.36. The highest BCUT2D eigenvalue weighted by atomic mass is 79.9. The van der Waals surface area contributed by atoms with Crippen LogP contribution in [0, 0.1) is 13.5 Å². The lowest BCUT2D eigenvalue weighted by Gasteiger charge is -2.11. The van der Waals surface area contributed by atoms with Crippen LogP contribution in [-0.4, -0.2) is 9.72 Å². The van der Waals surface area contributed by atoms with E-state index in [9.17, 15) is 13.2 Å². The SMILES string of the molecule is [C-]#[N+]c1ccc2c(cc(C)n2Cc2cc(Br)no2)c1C(F)(F)F. The molecule has 0 aliphatic heterocycles. The molecule has 0 saturated carbocycles. The summed E-state index contributed by atoms with van der Waals surface area (Å²) < 4.78 is 47.4. The quantitative estimate of drug-likeness (QED) is 0.561. The van der Waals surface area contributed by atoms with E-state index < -0.39 is 17.4 Å². The lowest BCUT2D eigenvalue weighted by Crippen LogP contribution is -2.06. The minimum absolute atomic E-state index is 0.0158. The van der Waals surface area contributed by atoms with Crippen molar-refractivity contribution in [1.29, 1.82) is 0 Å². The second-order valence-corrected chi connectivity index (χ2v) is 5.80. The van der Waals surface area contributed by atoms with Crippen LogP contribution in [0.4, 0.5) is 18.9 Å². The summed E-state index contributed by atoms with van der Waals surface area (Å²) in [5.41, 5.74) is -0.259. The van der Waals surface area contributed by atoms with Crippen LogP contribution in [0.1, 0.15) is 17.0 Å². The van der Waals surface area contributed by atoms with Crippen molar-refractivity contribution in [2.75, 3.05) is 0 Å². The van der Waals surface area contributed by atoms with E-state index in [2.05, 4.69) is 25.9 Å². The first kappa shape index (κ1) is 15.6. The number of aromatic nitrogens is 2. The highest BCUT2D eigenvalue weighted by Crippen LogP contribution is 2.42. The molecule has 1 aromatic carbocycles. The van der Waals surface area contributed by atoms with Crippen LogP contribution in [-0.2, 0) is 12.7 Å². The van der Waals surface area contributed by atoms with Crippen LogP contribution in [0.15, 0.2) is 33.4 Å². The van der Waals surface area contributed by atoms with E-state index in [0.717, 1.165) is 0 Å². The van der Waals surface area contributed by atoms with Crippen molar-refractivity contribution < 1.29 is 17.7 Å². The lowest BCUT2D eigenvalue weighted by atomic mass is 10.1. The Morgan fingerprint density at radius 2 is 2.09 bits per heavy atom. The van der Waals surface area contributed by atoms with E-state index >= 15 is 0 Å². The fraction of sp³-hybridized carbons (Fsp3) is 0.200. The van der Waals surface area contributed by atoms with Crippen LogP contribution in [0.3, 0.4) is 0 Å². The summed E-state index contributed by atoms with van der Waals surface area (Å²) in [5, 5.41) is 3.72. The molecular weight excluding hydrogens is 375 g/mol. The van der Waals surface area contributed by atoms with Gasteiger partial charge in [-0.1, -0.05) is 11.2 Å². The third-order valence-corrected chi connectivity index (χ3v) is 3.89. The maximum absolute atomic E-state index is 13.3. The summed E-state index contributed by atoms with van der Waals surface area (Å²) >= 11 is 3.16. The first-order valence-corrected chi connectivity index (χ1v) is 7.29. The van der Waals surface area contributed by atoms with Crippen molar-refractivity contribution in [3.63, 3.8) is 0 Å². The van der Waals surface area contributed by atoms with E-state index in [0.29, 0.717) is 21.6 Å². The number of halogens is 4. The monoisotopic (exact) mass is 383 g/mol. The molecule has 0 spiro atoms. The van der Waals surface area contributed by atoms with Crippen molar-refractivity contribution in [2.45, 2.75) is 19.6 Å². The highest BCUT2D eigenvalue weighted by molar-refractivity contribution is 9.10. The van der Waals surface area contributed by atoms with E-state index in [1.165, 1.54) is 18.2 Å². The molecule has 0 bridgehead atoms. The third-order valence-electron chi connectivity index (χ3n) is 3.52. The predicted molar refractivity (Wildman–Crippen MR) is 81.2 cm³/mol. The van der Waals surface area contributed by atoms with Crippen molar-refractivity contribution in [1.82, 2.24) is 9.72 Å². The largest absolute Gasteiger partial charge is 0.408 e. The molecule has 0 saturated heterocycles. The average Bonchev–Trinajstić information content (AvgIpc) is 3.01. The number of alkyl halides is 3. The first-order chi connectivity index (χ1) is 10.8. The van der Waals surface area contributed by atoms with Gasteiger partial charge in [-0.3, -0.25) is 0 Å². The van der Waals surface area contributed by atoms with Gasteiger partial charge in [-0.05, 0) is 35.0 Å². The van der Waals surface area contributed by atoms with Crippen molar-refractivity contribution in [2.24, 2.45) is 0 Å². The third kappa shape index (κ3) is 2.72. The number of aryl methyl sites for hydroxylation is 1. The molecule has 8 heteroatoms. The summed E-state index contributed by atoms with van der Waals surface area (Å²) in [7, 11) is 0. The number of hydrogen-bond acceptors (Lipinski definition) is 2. The summed E-state index contributed by atoms with van der Waals surface area (Å²) in [4.78, 5) is 3.00. The molecule has 0 N–H and O–H groups in total. The zero-order chi connectivity index (χ0) is 16.8. The molecule has 0 unspecified atom stereocenters. The zero-order valence-corrected chi connectivity index (χ0v) is 13.4. The van der Waals surface area contributed by atoms with Gasteiger partial charge >= 0.3 is 6.18 Å². The van der Waals surface area contributed by atoms with Crippen LogP contribution >= 0.6 is 15.9 Å². The minimum atomic E-state index is -4.59. The van der Waals surface area contributed by atoms with Gasteiger partial charge in [0.1, 0.15) is 4.60 Å². The number of nitrogens with zero attached hydrogens (tertiary/aromatic N) is 3. The van der Waals surface area contributed by atoms with Crippen LogP contribution in [0.5, 0.6) is 0 Å². The molecule has 3 rings (SSSR count). The molecule has 4 nitrogen and oxygen atoms in total. The minimum Gasteiger partial charge on any atom is -0.358 e. The number of fused-ring (bicyclic) bond motifs is 1. The molecule has 0 aliphatic rings. The maximum atomic E-state index is 13.3. The van der Waals surface area contributed by atoms with Crippen molar-refractivity contribution in [3.8, 4) is 0 Å². The van der Waals surface area contributed by atoms with E-state index in [1.807, 2.05) is 0 Å². The van der Waals surface area contributed by atoms with Gasteiger partial charge < -0.3 is 9.09 Å². The molecule has 0 radical (unpaired) electrons. The first-order valence-electron chi connectivity index (χ1n) is 6.50. The fourth-order valence-electron chi connectivity index (χ4n) is 2.57. The van der Waals surface area contributed by atoms with E-state index in [-0.39, 0.29) is 11.9 Å². The summed E-state index contributed by atoms with van der Waals surface area (Å²) in [6.07, 6.45) is -4.59. The topological polar surface area (TPSA) is 35.3 Å². The molecule has 2 heterocycles. The van der Waals surface area contributed by atoms with Crippen LogP contribution in [0.2, 0.25) is 0 Å². The molecule has 2 aromatic heterocycles. The van der Waals surface area contributed by atoms with Gasteiger partial charge in [-0.2, -0.15) is 13.2 Å². The molecule has 0 atom stereocenters. The maximum Gasteiger partial charge on any atom is 0.408 e. The van der Waals surface area contributed by atoms with Gasteiger partial charge in [0, 0.05) is 22.7 Å². The van der Waals surface area contributed by atoms with Gasteiger partial charge in [-0.25, -0.2) is 4.85 Å². The lowest BCUT2D eigenvalue weighted by molar-refractivity contribution is -0.135. The molecule has 3 aromatic rings. The average molecular weight is 384 g/mol. The van der Waals surface area contributed by atoms with E-state index in [1.54, 1.807) is 17.6 Å². The normalized spacial score (nSPS) is 11.8. The molecule has 0 amide bonds. The summed E-state index contributed by atoms with van der Waals surface area (Å²) in [5.74, 6) is 0.514. The summed E-state index contributed by atoms with van der Waals surface area (Å²) in [6.45, 7) is 8.94. The second kappa shape index (κ2) is 5.42. The fourth-order valence-corrected chi connectivity index (χ4v) is 2.90. The van der Waals surface area contributed by atoms with Gasteiger partial charge in [0.25, 0.3) is 0 Å². The Morgan fingerprint density at radius 1 is 1.35 bits per heavy atom. The zero-order valence-electron chi connectivity index (χ0n) is 11.8. The Morgan fingerprint density at radius 3 is 2.65 bits per heavy atom. The standard InChI is InChI=1S/C15H9BrF3N3O/c1-8-5-10-12(22(8)7-9-6-13(16)21-23-9)4-3-11(20-2)14(10)15(17,18)19/h3-6H,7H2,1H3. The summed E-state index contributed by atoms with van der Waals surface area (Å²) in [6, 6.07) is 5.82. The molecule has 23 heavy (non-hydrogen) atoms. The van der Waals surface area contributed by atoms with Crippen LogP contribution < -0.4 is 0 Å². The molecular formula is C15H9BrF3N3O. The number of rotatable bonds is 2. The Kier molecular flexibility index (Phi) is 3.68. The molecule has 118 valence electrons. The second-order valence-electron chi connectivity index (χ2n) is 4.99. The van der Waals surface area contributed by atoms with Crippen LogP contribution in [0.25, 0.3) is 15.7 Å². The predicted octanol–water partition coefficient (Wildman–Crippen LogP) is 5.32. The van der Waals surface area contributed by atoms with Gasteiger partial charge in [0.15, 0.2) is 11.4 Å². The number of benzene rings is 1. The molecule has 0 aliphatic carbocycles. The van der Waals surface area contributed by atoms with Gasteiger partial charge in [-0.15, -0.1) is 0 Å². The Hall–Kier alpha value is -2.27.